The molecule has 13 heteroatoms. The van der Waals surface area contributed by atoms with Crippen LogP contribution < -0.4 is 19.9 Å². The number of benzene rings is 3. The third-order valence-electron chi connectivity index (χ3n) is 8.61. The van der Waals surface area contributed by atoms with Crippen LogP contribution >= 0.6 is 46.4 Å². The first-order valence-corrected chi connectivity index (χ1v) is 18.4. The number of nitrogens with one attached hydrogen (secondary N) is 2. The van der Waals surface area contributed by atoms with Gasteiger partial charge in [0.25, 0.3) is 5.91 Å². The Hall–Kier alpha value is -2.53. The molecule has 1 aliphatic rings. The number of carbonyl (C=O) groups excluding carboxylic acids is 1. The number of sulfonamides is 1. The minimum absolute atomic E-state index is 0.0119. The van der Waals surface area contributed by atoms with Crippen LogP contribution in [0.15, 0.2) is 58.4 Å². The predicted molar refractivity (Wildman–Crippen MR) is 194 cm³/mol. The van der Waals surface area contributed by atoms with Crippen LogP contribution in [0.25, 0.3) is 0 Å². The van der Waals surface area contributed by atoms with Gasteiger partial charge in [-0.15, -0.1) is 0 Å². The Kier molecular flexibility index (Phi) is 11.8. The SMILES string of the molecule is CCC(C)(C)c1ccc(OCCCNS(=O)(=O)c2c(Cl)cccc2N=C2CC(=O)N(c3c(Cl)cc(Cl)cc3Cl)N2)c(C(C)(C)CC)c1. The molecule has 0 bridgehead atoms. The predicted octanol–water partition coefficient (Wildman–Crippen LogP) is 9.39. The molecule has 8 nitrogen and oxygen atoms in total. The quantitative estimate of drug-likeness (QED) is 0.170. The molecule has 1 saturated heterocycles. The maximum absolute atomic E-state index is 13.5. The van der Waals surface area contributed by atoms with Crippen molar-refractivity contribution in [1.29, 1.82) is 0 Å². The number of rotatable bonds is 13. The van der Waals surface area contributed by atoms with Crippen molar-refractivity contribution in [1.82, 2.24) is 10.1 Å². The summed E-state index contributed by atoms with van der Waals surface area (Å²) in [4.78, 5) is 17.1. The van der Waals surface area contributed by atoms with Gasteiger partial charge in [0.1, 0.15) is 22.2 Å². The molecule has 3 aromatic rings. The molecule has 1 heterocycles. The van der Waals surface area contributed by atoms with Crippen LogP contribution in [0.4, 0.5) is 11.4 Å². The topological polar surface area (TPSA) is 100 Å². The van der Waals surface area contributed by atoms with Gasteiger partial charge >= 0.3 is 0 Å². The second-order valence-electron chi connectivity index (χ2n) is 12.7. The molecule has 1 fully saturated rings. The van der Waals surface area contributed by atoms with Crippen LogP contribution in [0.3, 0.4) is 0 Å². The number of nitrogens with zero attached hydrogens (tertiary/aromatic N) is 2. The van der Waals surface area contributed by atoms with Crippen molar-refractivity contribution in [3.05, 3.63) is 79.7 Å². The average Bonchev–Trinajstić information content (AvgIpc) is 3.35. The van der Waals surface area contributed by atoms with Gasteiger partial charge in [0.2, 0.25) is 10.0 Å². The van der Waals surface area contributed by atoms with Crippen molar-refractivity contribution in [3.63, 3.8) is 0 Å². The van der Waals surface area contributed by atoms with E-state index < -0.39 is 15.9 Å². The van der Waals surface area contributed by atoms with E-state index in [1.807, 2.05) is 6.07 Å². The molecule has 0 atom stereocenters. The smallest absolute Gasteiger partial charge is 0.253 e. The van der Waals surface area contributed by atoms with Crippen molar-refractivity contribution >= 4 is 79.5 Å². The van der Waals surface area contributed by atoms with Crippen LogP contribution in [-0.4, -0.2) is 33.3 Å². The summed E-state index contributed by atoms with van der Waals surface area (Å²) >= 11 is 25.0. The maximum atomic E-state index is 13.5. The number of amidine groups is 1. The van der Waals surface area contributed by atoms with Gasteiger partial charge in [0, 0.05) is 17.1 Å². The Balaban J connectivity index is 1.47. The summed E-state index contributed by atoms with van der Waals surface area (Å²) in [7, 11) is -4.09. The van der Waals surface area contributed by atoms with E-state index in [9.17, 15) is 13.2 Å². The van der Waals surface area contributed by atoms with Crippen molar-refractivity contribution in [3.8, 4) is 5.75 Å². The number of amides is 1. The molecule has 0 aliphatic carbocycles. The molecule has 0 spiro atoms. The summed E-state index contributed by atoms with van der Waals surface area (Å²) in [5.41, 5.74) is 5.48. The molecule has 0 aromatic heterocycles. The van der Waals surface area contributed by atoms with E-state index >= 15 is 0 Å². The first kappa shape index (κ1) is 37.3. The first-order valence-electron chi connectivity index (χ1n) is 15.4. The summed E-state index contributed by atoms with van der Waals surface area (Å²) in [5.74, 6) is 0.588. The van der Waals surface area contributed by atoms with Crippen molar-refractivity contribution in [2.24, 2.45) is 4.99 Å². The number of hydrazine groups is 1. The van der Waals surface area contributed by atoms with E-state index in [4.69, 9.17) is 51.1 Å². The summed E-state index contributed by atoms with van der Waals surface area (Å²) in [6.07, 6.45) is 2.21. The Morgan fingerprint density at radius 3 is 2.23 bits per heavy atom. The summed E-state index contributed by atoms with van der Waals surface area (Å²) < 4.78 is 35.8. The standard InChI is InChI=1S/C34H40Cl4N4O4S/c1-7-33(3,4)21-13-14-28(23(17-21)34(5,6)8-2)46-16-10-15-39-47(44,45)32-24(36)11-9-12-27(32)40-29-20-30(43)42(41-29)31-25(37)18-22(35)19-26(31)38/h9,11-14,17-19,39H,7-8,10,15-16,20H2,1-6H3,(H,40,41). The van der Waals surface area contributed by atoms with Crippen LogP contribution in [0.2, 0.25) is 20.1 Å². The van der Waals surface area contributed by atoms with Crippen LogP contribution in [0.1, 0.15) is 78.4 Å². The fourth-order valence-electron chi connectivity index (χ4n) is 4.98. The molecule has 254 valence electrons. The summed E-state index contributed by atoms with van der Waals surface area (Å²) in [6.45, 7) is 13.6. The molecule has 0 saturated carbocycles. The minimum atomic E-state index is -4.09. The third kappa shape index (κ3) is 8.56. The molecule has 0 radical (unpaired) electrons. The molecule has 47 heavy (non-hydrogen) atoms. The van der Waals surface area contributed by atoms with E-state index in [2.05, 4.69) is 68.8 Å². The molecule has 1 aliphatic heterocycles. The normalized spacial score (nSPS) is 15.0. The van der Waals surface area contributed by atoms with Gasteiger partial charge in [-0.25, -0.2) is 23.1 Å². The Morgan fingerprint density at radius 2 is 1.60 bits per heavy atom. The molecule has 0 unspecified atom stereocenters. The summed E-state index contributed by atoms with van der Waals surface area (Å²) in [6, 6.07) is 13.9. The first-order chi connectivity index (χ1) is 22.0. The zero-order chi connectivity index (χ0) is 34.7. The Labute approximate surface area is 297 Å². The lowest BCUT2D eigenvalue weighted by Gasteiger charge is -2.30. The number of anilines is 1. The lowest BCUT2D eigenvalue weighted by molar-refractivity contribution is -0.116. The zero-order valence-electron chi connectivity index (χ0n) is 27.3. The number of hydrogen-bond acceptors (Lipinski definition) is 5. The third-order valence-corrected chi connectivity index (χ3v) is 11.4. The highest BCUT2D eigenvalue weighted by Gasteiger charge is 2.32. The van der Waals surface area contributed by atoms with Crippen LogP contribution in [0.5, 0.6) is 5.75 Å². The highest BCUT2D eigenvalue weighted by atomic mass is 35.5. The van der Waals surface area contributed by atoms with Gasteiger partial charge in [-0.2, -0.15) is 0 Å². The van der Waals surface area contributed by atoms with Gasteiger partial charge in [-0.1, -0.05) is 106 Å². The van der Waals surface area contributed by atoms with Gasteiger partial charge in [0.15, 0.2) is 0 Å². The minimum Gasteiger partial charge on any atom is -0.493 e. The van der Waals surface area contributed by atoms with Crippen LogP contribution in [0, 0.1) is 0 Å². The van der Waals surface area contributed by atoms with Gasteiger partial charge in [-0.05, 0) is 66.0 Å². The van der Waals surface area contributed by atoms with Crippen molar-refractivity contribution < 1.29 is 17.9 Å². The maximum Gasteiger partial charge on any atom is 0.253 e. The van der Waals surface area contributed by atoms with Gasteiger partial charge < -0.3 is 4.74 Å². The lowest BCUT2D eigenvalue weighted by atomic mass is 9.76. The molecule has 3 aromatic carbocycles. The van der Waals surface area contributed by atoms with Gasteiger partial charge in [0.05, 0.1) is 33.8 Å². The Bertz CT molecular complexity index is 1770. The number of halogens is 4. The number of aliphatic imine (C=N–C) groups is 1. The molecule has 1 amide bonds. The van der Waals surface area contributed by atoms with Crippen molar-refractivity contribution in [2.45, 2.75) is 83.0 Å². The lowest BCUT2D eigenvalue weighted by Crippen LogP contribution is -2.36. The van der Waals surface area contributed by atoms with Crippen molar-refractivity contribution in [2.75, 3.05) is 18.2 Å². The fraction of sp³-hybridized carbons (Fsp3) is 0.412. The average molecular weight is 743 g/mol. The van der Waals surface area contributed by atoms with Gasteiger partial charge in [-0.3, -0.25) is 10.2 Å². The van der Waals surface area contributed by atoms with E-state index in [0.29, 0.717) is 18.1 Å². The second-order valence-corrected chi connectivity index (χ2v) is 16.0. The Morgan fingerprint density at radius 1 is 0.936 bits per heavy atom. The largest absolute Gasteiger partial charge is 0.493 e. The fourth-order valence-corrected chi connectivity index (χ4v) is 7.71. The number of hydrogen-bond donors (Lipinski definition) is 2. The highest BCUT2D eigenvalue weighted by molar-refractivity contribution is 7.89. The zero-order valence-corrected chi connectivity index (χ0v) is 31.1. The van der Waals surface area contributed by atoms with Crippen LogP contribution in [-0.2, 0) is 25.6 Å². The number of carbonyl (C=O) groups is 1. The molecule has 2 N–H and O–H groups in total. The van der Waals surface area contributed by atoms with E-state index in [0.717, 1.165) is 29.2 Å². The molecular formula is C34H40Cl4N4O4S. The second kappa shape index (κ2) is 14.9. The van der Waals surface area contributed by atoms with E-state index in [1.165, 1.54) is 29.8 Å². The highest BCUT2D eigenvalue weighted by Crippen LogP contribution is 2.40. The number of ether oxygens (including phenoxy) is 1. The molecular weight excluding hydrogens is 702 g/mol. The molecule has 4 rings (SSSR count). The van der Waals surface area contributed by atoms with E-state index in [1.54, 1.807) is 6.07 Å². The van der Waals surface area contributed by atoms with E-state index in [-0.39, 0.29) is 61.0 Å². The monoisotopic (exact) mass is 740 g/mol. The summed E-state index contributed by atoms with van der Waals surface area (Å²) in [5, 5.41) is 1.77.